The molecule has 0 bridgehead atoms. The van der Waals surface area contributed by atoms with E-state index >= 15 is 0 Å². The zero-order valence-electron chi connectivity index (χ0n) is 17.3. The number of rotatable bonds is 9. The summed E-state index contributed by atoms with van der Waals surface area (Å²) in [6, 6.07) is 4.69. The molecule has 2 rings (SSSR count). The van der Waals surface area contributed by atoms with Crippen LogP contribution in [0.1, 0.15) is 46.5 Å². The van der Waals surface area contributed by atoms with E-state index in [-0.39, 0.29) is 29.9 Å². The van der Waals surface area contributed by atoms with Gasteiger partial charge in [0, 0.05) is 12.2 Å². The second-order valence-electron chi connectivity index (χ2n) is 6.90. The van der Waals surface area contributed by atoms with Crippen molar-refractivity contribution in [2.75, 3.05) is 12.9 Å². The van der Waals surface area contributed by atoms with Gasteiger partial charge in [-0.1, -0.05) is 38.0 Å². The number of carbonyl (C=O) groups is 2. The van der Waals surface area contributed by atoms with Gasteiger partial charge in [-0.05, 0) is 38.0 Å². The van der Waals surface area contributed by atoms with Crippen LogP contribution in [-0.4, -0.2) is 37.7 Å². The summed E-state index contributed by atoms with van der Waals surface area (Å²) in [5.74, 6) is -0.800. The number of sulfone groups is 1. The summed E-state index contributed by atoms with van der Waals surface area (Å²) >= 11 is 1.20. The monoisotopic (exact) mass is 440 g/mol. The van der Waals surface area contributed by atoms with Crippen LogP contribution >= 0.6 is 11.3 Å². The summed E-state index contributed by atoms with van der Waals surface area (Å²) in [5, 5.41) is 0. The number of benzene rings is 1. The molecule has 1 aromatic heterocycles. The number of aromatic nitrogens is 1. The number of amides is 1. The Bertz CT molecular complexity index is 1040. The molecule has 1 heterocycles. The molecule has 7 nitrogen and oxygen atoms in total. The summed E-state index contributed by atoms with van der Waals surface area (Å²) in [6.07, 6.45) is 4.44. The molecule has 160 valence electrons. The molecule has 0 unspecified atom stereocenters. The predicted molar refractivity (Wildman–Crippen MR) is 113 cm³/mol. The van der Waals surface area contributed by atoms with E-state index in [9.17, 15) is 18.0 Å². The lowest BCUT2D eigenvalue weighted by atomic mass is 9.98. The maximum Gasteiger partial charge on any atom is 0.326 e. The topological polar surface area (TPSA) is 94.8 Å². The van der Waals surface area contributed by atoms with Crippen molar-refractivity contribution >= 4 is 43.3 Å². The van der Waals surface area contributed by atoms with Gasteiger partial charge >= 0.3 is 5.97 Å². The van der Waals surface area contributed by atoms with Crippen molar-refractivity contribution in [3.63, 3.8) is 0 Å². The SMILES string of the molecule is CCCC(CCC)C(=O)N=c1sc2cc(S(C)(=O)=O)ccc2n1CC(=O)OCC. The van der Waals surface area contributed by atoms with Gasteiger partial charge in [0.1, 0.15) is 6.54 Å². The first-order chi connectivity index (χ1) is 13.7. The van der Waals surface area contributed by atoms with Gasteiger partial charge < -0.3 is 9.30 Å². The summed E-state index contributed by atoms with van der Waals surface area (Å²) in [6.45, 7) is 5.94. The van der Waals surface area contributed by atoms with E-state index in [1.807, 2.05) is 13.8 Å². The summed E-state index contributed by atoms with van der Waals surface area (Å²) in [4.78, 5) is 29.8. The Morgan fingerprint density at radius 3 is 2.38 bits per heavy atom. The Morgan fingerprint density at radius 2 is 1.83 bits per heavy atom. The molecule has 0 aliphatic heterocycles. The quantitative estimate of drug-likeness (QED) is 0.558. The molecular formula is C20H28N2O5S2. The summed E-state index contributed by atoms with van der Waals surface area (Å²) in [5.41, 5.74) is 0.643. The van der Waals surface area contributed by atoms with Crippen molar-refractivity contribution in [1.29, 1.82) is 0 Å². The van der Waals surface area contributed by atoms with Gasteiger partial charge in [-0.25, -0.2) is 8.42 Å². The van der Waals surface area contributed by atoms with E-state index in [0.29, 0.717) is 15.0 Å². The van der Waals surface area contributed by atoms with Gasteiger partial charge in [0.15, 0.2) is 14.6 Å². The van der Waals surface area contributed by atoms with Crippen LogP contribution in [0.4, 0.5) is 0 Å². The van der Waals surface area contributed by atoms with Crippen LogP contribution in [0.5, 0.6) is 0 Å². The lowest BCUT2D eigenvalue weighted by Crippen LogP contribution is -2.24. The summed E-state index contributed by atoms with van der Waals surface area (Å²) < 4.78 is 31.1. The van der Waals surface area contributed by atoms with Crippen LogP contribution in [0.25, 0.3) is 10.2 Å². The van der Waals surface area contributed by atoms with Crippen LogP contribution in [0, 0.1) is 5.92 Å². The van der Waals surface area contributed by atoms with E-state index in [2.05, 4.69) is 4.99 Å². The van der Waals surface area contributed by atoms with Crippen molar-refractivity contribution < 1.29 is 22.7 Å². The molecule has 0 N–H and O–H groups in total. The van der Waals surface area contributed by atoms with Gasteiger partial charge in [0.05, 0.1) is 21.7 Å². The van der Waals surface area contributed by atoms with Crippen molar-refractivity contribution in [1.82, 2.24) is 4.57 Å². The third kappa shape index (κ3) is 5.99. The van der Waals surface area contributed by atoms with Crippen LogP contribution in [-0.2, 0) is 30.7 Å². The highest BCUT2D eigenvalue weighted by Crippen LogP contribution is 2.22. The highest BCUT2D eigenvalue weighted by Gasteiger charge is 2.19. The van der Waals surface area contributed by atoms with Crippen molar-refractivity contribution in [2.24, 2.45) is 10.9 Å². The molecule has 1 aromatic carbocycles. The third-order valence-electron chi connectivity index (χ3n) is 4.50. The highest BCUT2D eigenvalue weighted by atomic mass is 32.2. The Morgan fingerprint density at radius 1 is 1.17 bits per heavy atom. The van der Waals surface area contributed by atoms with Gasteiger partial charge in [-0.15, -0.1) is 0 Å². The third-order valence-corrected chi connectivity index (χ3v) is 6.66. The van der Waals surface area contributed by atoms with E-state index in [4.69, 9.17) is 4.74 Å². The number of thiazole rings is 1. The van der Waals surface area contributed by atoms with Crippen LogP contribution in [0.2, 0.25) is 0 Å². The number of fused-ring (bicyclic) bond motifs is 1. The maximum atomic E-state index is 12.8. The Kier molecular flexibility index (Phi) is 8.15. The van der Waals surface area contributed by atoms with Crippen molar-refractivity contribution in [3.8, 4) is 0 Å². The smallest absolute Gasteiger partial charge is 0.326 e. The highest BCUT2D eigenvalue weighted by molar-refractivity contribution is 7.90. The zero-order valence-corrected chi connectivity index (χ0v) is 18.9. The Labute approximate surface area is 175 Å². The largest absolute Gasteiger partial charge is 0.465 e. The van der Waals surface area contributed by atoms with Crippen LogP contribution < -0.4 is 4.80 Å². The molecule has 0 radical (unpaired) electrons. The minimum Gasteiger partial charge on any atom is -0.465 e. The molecule has 1 amide bonds. The molecular weight excluding hydrogens is 412 g/mol. The van der Waals surface area contributed by atoms with Gasteiger partial charge in [0.2, 0.25) is 0 Å². The van der Waals surface area contributed by atoms with E-state index in [0.717, 1.165) is 31.9 Å². The molecule has 2 aromatic rings. The minimum absolute atomic E-state index is 0.0929. The van der Waals surface area contributed by atoms with Gasteiger partial charge in [0.25, 0.3) is 5.91 Å². The van der Waals surface area contributed by atoms with Crippen LogP contribution in [0.3, 0.4) is 0 Å². The lowest BCUT2D eigenvalue weighted by molar-refractivity contribution is -0.143. The number of esters is 1. The molecule has 0 saturated heterocycles. The van der Waals surface area contributed by atoms with Crippen molar-refractivity contribution in [3.05, 3.63) is 23.0 Å². The maximum absolute atomic E-state index is 12.8. The second-order valence-corrected chi connectivity index (χ2v) is 9.93. The summed E-state index contributed by atoms with van der Waals surface area (Å²) in [7, 11) is -3.37. The number of ether oxygens (including phenoxy) is 1. The van der Waals surface area contributed by atoms with Crippen molar-refractivity contribution in [2.45, 2.75) is 57.9 Å². The zero-order chi connectivity index (χ0) is 21.6. The first kappa shape index (κ1) is 23.3. The molecule has 0 aliphatic rings. The van der Waals surface area contributed by atoms with Gasteiger partial charge in [-0.3, -0.25) is 9.59 Å². The normalized spacial score (nSPS) is 12.7. The first-order valence-corrected chi connectivity index (χ1v) is 12.5. The van der Waals surface area contributed by atoms with E-state index in [1.54, 1.807) is 23.6 Å². The Hall–Kier alpha value is -2.00. The number of nitrogens with zero attached hydrogens (tertiary/aromatic N) is 2. The lowest BCUT2D eigenvalue weighted by Gasteiger charge is -2.10. The molecule has 29 heavy (non-hydrogen) atoms. The number of hydrogen-bond acceptors (Lipinski definition) is 6. The fourth-order valence-corrected chi connectivity index (χ4v) is 4.93. The fraction of sp³-hybridized carbons (Fsp3) is 0.550. The molecule has 0 aliphatic carbocycles. The van der Waals surface area contributed by atoms with E-state index < -0.39 is 15.8 Å². The standard InChI is InChI=1S/C20H28N2O5S2/c1-5-8-14(9-6-2)19(24)21-20-22(13-18(23)27-7-3)16-11-10-15(29(4,25)26)12-17(16)28-20/h10-12,14H,5-9,13H2,1-4H3. The van der Waals surface area contributed by atoms with E-state index in [1.165, 1.54) is 17.4 Å². The molecule has 9 heteroatoms. The second kappa shape index (κ2) is 10.2. The molecule has 0 fully saturated rings. The molecule has 0 spiro atoms. The average Bonchev–Trinajstić information content (AvgIpc) is 2.97. The predicted octanol–water partition coefficient (Wildman–Crippen LogP) is 3.31. The minimum atomic E-state index is -3.37. The van der Waals surface area contributed by atoms with Gasteiger partial charge in [-0.2, -0.15) is 4.99 Å². The Balaban J connectivity index is 2.61. The average molecular weight is 441 g/mol. The fourth-order valence-electron chi connectivity index (χ4n) is 3.13. The molecule has 0 atom stereocenters. The van der Waals surface area contributed by atoms with Crippen LogP contribution in [0.15, 0.2) is 28.1 Å². The molecule has 0 saturated carbocycles. The first-order valence-electron chi connectivity index (χ1n) is 9.78. The number of carbonyl (C=O) groups excluding carboxylic acids is 2. The number of hydrogen-bond donors (Lipinski definition) is 0.